The average molecular weight is 690 g/mol. The number of aromatic nitrogens is 4. The fourth-order valence-electron chi connectivity index (χ4n) is 5.12. The second-order valence-electron chi connectivity index (χ2n) is 13.1. The summed E-state index contributed by atoms with van der Waals surface area (Å²) in [5, 5.41) is 15.9. The molecule has 5 rings (SSSR count). The zero-order valence-corrected chi connectivity index (χ0v) is 29.1. The molecule has 13 nitrogen and oxygen atoms in total. The summed E-state index contributed by atoms with van der Waals surface area (Å²) in [5.41, 5.74) is 4.01. The van der Waals surface area contributed by atoms with Crippen LogP contribution < -0.4 is 20.2 Å². The molecule has 4 N–H and O–H groups in total. The smallest absolute Gasteiger partial charge is 0.323 e. The van der Waals surface area contributed by atoms with E-state index in [0.29, 0.717) is 17.1 Å². The third-order valence-electron chi connectivity index (χ3n) is 7.54. The summed E-state index contributed by atoms with van der Waals surface area (Å²) in [4.78, 5) is 27.5. The average Bonchev–Trinajstić information content (AvgIpc) is 3.51. The molecule has 0 radical (unpaired) electrons. The van der Waals surface area contributed by atoms with Crippen LogP contribution in [0.25, 0.3) is 21.9 Å². The highest BCUT2D eigenvalue weighted by atomic mass is 32.5. The van der Waals surface area contributed by atoms with Crippen molar-refractivity contribution in [2.24, 2.45) is 5.41 Å². The first-order chi connectivity index (χ1) is 22.0. The second kappa shape index (κ2) is 13.2. The summed E-state index contributed by atoms with van der Waals surface area (Å²) in [7, 11) is 3.54. The first-order valence-corrected chi connectivity index (χ1v) is 17.7. The number of aliphatic hydroxyl groups is 1. The molecule has 1 aliphatic heterocycles. The number of nitrogen functional groups attached to an aromatic ring is 1. The van der Waals surface area contributed by atoms with Gasteiger partial charge in [0.05, 0.1) is 19.5 Å². The first kappa shape index (κ1) is 34.9. The lowest BCUT2D eigenvalue weighted by Gasteiger charge is -2.29. The number of nitrogens with two attached hydrogens (primary N) is 1. The van der Waals surface area contributed by atoms with Gasteiger partial charge in [0.25, 0.3) is 0 Å². The van der Waals surface area contributed by atoms with Crippen molar-refractivity contribution >= 4 is 58.1 Å². The molecule has 0 saturated carbocycles. The summed E-state index contributed by atoms with van der Waals surface area (Å²) in [6.07, 6.45) is -2.82. The van der Waals surface area contributed by atoms with Crippen molar-refractivity contribution in [1.29, 1.82) is 0 Å². The predicted molar refractivity (Wildman–Crippen MR) is 181 cm³/mol. The molecule has 16 heteroatoms. The highest BCUT2D eigenvalue weighted by Crippen LogP contribution is 2.49. The Bertz CT molecular complexity index is 1810. The highest BCUT2D eigenvalue weighted by Gasteiger charge is 2.56. The fraction of sp³-hybridized carbons (Fsp3) is 0.484. The second-order valence-corrected chi connectivity index (χ2v) is 16.3. The number of nitrogens with zero attached hydrogens (tertiary/aromatic N) is 5. The number of alkyl halides is 1. The van der Waals surface area contributed by atoms with Crippen LogP contribution >= 0.6 is 6.64 Å². The predicted octanol–water partition coefficient (Wildman–Crippen LogP) is 4.50. The number of hydrogen-bond acceptors (Lipinski definition) is 12. The minimum atomic E-state index is -3.58. The molecule has 1 fully saturated rings. The van der Waals surface area contributed by atoms with E-state index in [-0.39, 0.29) is 30.2 Å². The van der Waals surface area contributed by atoms with Gasteiger partial charge in [-0.2, -0.15) is 9.97 Å². The van der Waals surface area contributed by atoms with Gasteiger partial charge in [0.1, 0.15) is 24.0 Å². The quantitative estimate of drug-likeness (QED) is 0.149. The van der Waals surface area contributed by atoms with Crippen LogP contribution in [-0.2, 0) is 30.6 Å². The van der Waals surface area contributed by atoms with Crippen LogP contribution in [0.4, 0.5) is 16.2 Å². The van der Waals surface area contributed by atoms with Crippen molar-refractivity contribution in [3.8, 4) is 5.75 Å². The van der Waals surface area contributed by atoms with E-state index in [4.69, 9.17) is 36.1 Å². The molecule has 6 atom stereocenters. The number of imidazole rings is 1. The number of carbonyl (C=O) groups is 1. The van der Waals surface area contributed by atoms with Gasteiger partial charge in [-0.25, -0.2) is 14.5 Å². The number of esters is 1. The number of anilines is 2. The number of nitrogens with one attached hydrogen (secondary N) is 1. The van der Waals surface area contributed by atoms with Gasteiger partial charge in [-0.15, -0.1) is 0 Å². The molecule has 0 amide bonds. The topological polar surface area (TPSA) is 159 Å². The molecule has 2 aromatic heterocycles. The zero-order chi connectivity index (χ0) is 34.3. The maximum atomic E-state index is 16.3. The number of aliphatic hydroxyl groups excluding tert-OH is 1. The van der Waals surface area contributed by atoms with Crippen molar-refractivity contribution in [2.75, 3.05) is 37.9 Å². The summed E-state index contributed by atoms with van der Waals surface area (Å²) < 4.78 is 41.8. The van der Waals surface area contributed by atoms with E-state index in [1.807, 2.05) is 57.2 Å². The molecule has 1 saturated heterocycles. The molecule has 1 aliphatic rings. The van der Waals surface area contributed by atoms with Gasteiger partial charge in [0.2, 0.25) is 5.95 Å². The Kier molecular flexibility index (Phi) is 9.80. The summed E-state index contributed by atoms with van der Waals surface area (Å²) in [6.45, 7) is 4.91. The normalized spacial score (nSPS) is 23.5. The van der Waals surface area contributed by atoms with Gasteiger partial charge in [-0.3, -0.25) is 9.36 Å². The zero-order valence-electron chi connectivity index (χ0n) is 27.4. The summed E-state index contributed by atoms with van der Waals surface area (Å²) in [6, 6.07) is 12.1. The van der Waals surface area contributed by atoms with Gasteiger partial charge < -0.3 is 34.3 Å². The van der Waals surface area contributed by atoms with Crippen molar-refractivity contribution in [2.45, 2.75) is 64.8 Å². The Balaban J connectivity index is 1.41. The van der Waals surface area contributed by atoms with Gasteiger partial charge in [-0.05, 0) is 42.5 Å². The van der Waals surface area contributed by atoms with Crippen LogP contribution in [0.1, 0.15) is 40.8 Å². The maximum absolute atomic E-state index is 16.3. The van der Waals surface area contributed by atoms with Crippen molar-refractivity contribution in [3.05, 3.63) is 48.8 Å². The number of hydrogen-bond donors (Lipinski definition) is 3. The Morgan fingerprint density at radius 2 is 1.96 bits per heavy atom. The van der Waals surface area contributed by atoms with Gasteiger partial charge in [0, 0.05) is 19.5 Å². The lowest BCUT2D eigenvalue weighted by atomic mass is 9.98. The van der Waals surface area contributed by atoms with Crippen LogP contribution in [0.2, 0.25) is 0 Å². The number of fused-ring (bicyclic) bond motifs is 2. The number of ether oxygens (including phenoxy) is 2. The highest BCUT2D eigenvalue weighted by molar-refractivity contribution is 8.09. The summed E-state index contributed by atoms with van der Waals surface area (Å²) in [5.74, 6) is 0.291. The number of rotatable bonds is 11. The van der Waals surface area contributed by atoms with Crippen LogP contribution in [-0.4, -0.2) is 81.8 Å². The number of carbonyl (C=O) groups excluding carboxylic acids is 1. The SMILES string of the molecule is C[C@@H](N[P@](=S)(OC[C@H]1O[C@@H](n2cnc3c(N(C)C)nc(N)nc32)[C@](C)(F)[C@@H]1O)Oc1cccc2ccccc12)C(=O)OCC(C)(C)C. The third-order valence-corrected chi connectivity index (χ3v) is 10.0. The fourth-order valence-corrected chi connectivity index (χ4v) is 7.54. The van der Waals surface area contributed by atoms with Crippen LogP contribution in [0.5, 0.6) is 5.75 Å². The monoisotopic (exact) mass is 689 g/mol. The molecule has 254 valence electrons. The third kappa shape index (κ3) is 7.50. The van der Waals surface area contributed by atoms with Crippen LogP contribution in [0, 0.1) is 5.41 Å². The molecule has 3 heterocycles. The molecule has 2 aromatic carbocycles. The Morgan fingerprint density at radius 3 is 2.66 bits per heavy atom. The van der Waals surface area contributed by atoms with E-state index in [0.717, 1.165) is 10.8 Å². The first-order valence-electron chi connectivity index (χ1n) is 15.1. The van der Waals surface area contributed by atoms with Crippen LogP contribution in [0.15, 0.2) is 48.8 Å². The molecular formula is C31H41FN7O6PS. The van der Waals surface area contributed by atoms with E-state index in [1.54, 1.807) is 32.0 Å². The largest absolute Gasteiger partial charge is 0.464 e. The Labute approximate surface area is 277 Å². The van der Waals surface area contributed by atoms with Gasteiger partial charge in [-0.1, -0.05) is 57.2 Å². The summed E-state index contributed by atoms with van der Waals surface area (Å²) >= 11 is 5.92. The van der Waals surface area contributed by atoms with E-state index >= 15 is 4.39 Å². The minimum Gasteiger partial charge on any atom is -0.464 e. The lowest BCUT2D eigenvalue weighted by molar-refractivity contribution is -0.148. The minimum absolute atomic E-state index is 0.0329. The van der Waals surface area contributed by atoms with E-state index < -0.39 is 42.8 Å². The number of halogens is 1. The van der Waals surface area contributed by atoms with E-state index in [1.165, 1.54) is 17.8 Å². The standard InChI is InChI=1S/C31H41FN7O6PS/c1-18(27(41)42-16-30(2,3)4)37-46(47,45-21-14-10-12-19-11-8-9-13-20(19)21)43-15-22-24(40)31(5,32)28(44-22)39-17-34-23-25(38(6)7)35-29(33)36-26(23)39/h8-14,17-18,22,24,28,40H,15-16H2,1-7H3,(H,37,47)(H2,33,35,36)/t18-,22-,24-,28-,31-,46+/m1/s1. The van der Waals surface area contributed by atoms with Gasteiger partial charge in [0.15, 0.2) is 28.9 Å². The van der Waals surface area contributed by atoms with Crippen LogP contribution in [0.3, 0.4) is 0 Å². The van der Waals surface area contributed by atoms with E-state index in [9.17, 15) is 9.90 Å². The molecule has 47 heavy (non-hydrogen) atoms. The van der Waals surface area contributed by atoms with Crippen molar-refractivity contribution in [3.63, 3.8) is 0 Å². The molecule has 0 aliphatic carbocycles. The maximum Gasteiger partial charge on any atom is 0.323 e. The Hall–Kier alpha value is -3.46. The molecule has 4 aromatic rings. The Morgan fingerprint density at radius 1 is 1.26 bits per heavy atom. The molecule has 0 bridgehead atoms. The molecule has 0 spiro atoms. The van der Waals surface area contributed by atoms with Crippen molar-refractivity contribution < 1.29 is 32.8 Å². The molecular weight excluding hydrogens is 648 g/mol. The van der Waals surface area contributed by atoms with Gasteiger partial charge >= 0.3 is 12.6 Å². The number of benzene rings is 2. The molecule has 0 unspecified atom stereocenters. The lowest BCUT2D eigenvalue weighted by Crippen LogP contribution is -2.41. The van der Waals surface area contributed by atoms with Crippen molar-refractivity contribution in [1.82, 2.24) is 24.6 Å². The van der Waals surface area contributed by atoms with E-state index in [2.05, 4.69) is 20.0 Å².